The Labute approximate surface area is 136 Å². The highest BCUT2D eigenvalue weighted by Gasteiger charge is 2.23. The van der Waals surface area contributed by atoms with Crippen LogP contribution in [0.4, 0.5) is 0 Å². The summed E-state index contributed by atoms with van der Waals surface area (Å²) in [7, 11) is 0. The number of nitrogens with zero attached hydrogens (tertiary/aromatic N) is 2. The zero-order chi connectivity index (χ0) is 16.6. The second-order valence-corrected chi connectivity index (χ2v) is 7.04. The van der Waals surface area contributed by atoms with Crippen LogP contribution in [0.5, 0.6) is 0 Å². The maximum absolute atomic E-state index is 12.7. The van der Waals surface area contributed by atoms with Crippen molar-refractivity contribution in [1.82, 2.24) is 14.9 Å². The second kappa shape index (κ2) is 6.11. The number of amides is 2. The Morgan fingerprint density at radius 2 is 2.30 bits per heavy atom. The molecule has 3 rings (SSSR count). The molecule has 2 heterocycles. The first-order valence-electron chi connectivity index (χ1n) is 7.50. The zero-order valence-corrected chi connectivity index (χ0v) is 13.6. The van der Waals surface area contributed by atoms with Crippen LogP contribution in [0, 0.1) is 5.92 Å². The fourth-order valence-corrected chi connectivity index (χ4v) is 4.22. The average Bonchev–Trinajstić information content (AvgIpc) is 2.86. The Kier molecular flexibility index (Phi) is 4.16. The van der Waals surface area contributed by atoms with Gasteiger partial charge in [-0.15, -0.1) is 11.3 Å². The van der Waals surface area contributed by atoms with Crippen molar-refractivity contribution in [1.29, 1.82) is 0 Å². The number of nitrogens with two attached hydrogens (primary N) is 1. The Balaban J connectivity index is 1.91. The molecule has 2 amide bonds. The Morgan fingerprint density at radius 1 is 1.52 bits per heavy atom. The predicted molar refractivity (Wildman–Crippen MR) is 87.3 cm³/mol. The van der Waals surface area contributed by atoms with Crippen molar-refractivity contribution in [3.05, 3.63) is 27.1 Å². The molecule has 0 spiro atoms. The molecule has 1 aliphatic carbocycles. The quantitative estimate of drug-likeness (QED) is 0.832. The van der Waals surface area contributed by atoms with E-state index in [2.05, 4.69) is 17.2 Å². The van der Waals surface area contributed by atoms with Crippen molar-refractivity contribution in [2.24, 2.45) is 11.7 Å². The zero-order valence-electron chi connectivity index (χ0n) is 12.8. The van der Waals surface area contributed by atoms with Gasteiger partial charge in [0.2, 0.25) is 11.8 Å². The lowest BCUT2D eigenvalue weighted by Crippen LogP contribution is -2.37. The molecule has 3 N–H and O–H groups in total. The third-order valence-corrected chi connectivity index (χ3v) is 5.22. The summed E-state index contributed by atoms with van der Waals surface area (Å²) in [6.45, 7) is 1.80. The van der Waals surface area contributed by atoms with Gasteiger partial charge in [-0.3, -0.25) is 19.0 Å². The van der Waals surface area contributed by atoms with Crippen LogP contribution >= 0.6 is 11.3 Å². The summed E-state index contributed by atoms with van der Waals surface area (Å²) < 4.78 is 1.28. The normalized spacial score (nSPS) is 17.0. The average molecular weight is 334 g/mol. The first-order valence-corrected chi connectivity index (χ1v) is 8.32. The van der Waals surface area contributed by atoms with E-state index in [-0.39, 0.29) is 18.6 Å². The monoisotopic (exact) mass is 334 g/mol. The van der Waals surface area contributed by atoms with Gasteiger partial charge < -0.3 is 11.1 Å². The first kappa shape index (κ1) is 15.7. The molecule has 0 aromatic carbocycles. The summed E-state index contributed by atoms with van der Waals surface area (Å²) in [5.74, 6) is -0.442. The molecular formula is C15H18N4O3S. The fraction of sp³-hybridized carbons (Fsp3) is 0.467. The highest BCUT2D eigenvalue weighted by Crippen LogP contribution is 2.35. The van der Waals surface area contributed by atoms with Gasteiger partial charge in [0.25, 0.3) is 5.56 Å². The van der Waals surface area contributed by atoms with Gasteiger partial charge >= 0.3 is 0 Å². The van der Waals surface area contributed by atoms with Gasteiger partial charge in [0.05, 0.1) is 18.3 Å². The third kappa shape index (κ3) is 3.12. The molecule has 2 aromatic rings. The molecule has 0 aliphatic heterocycles. The molecule has 0 saturated heterocycles. The van der Waals surface area contributed by atoms with Crippen LogP contribution in [-0.2, 0) is 29.0 Å². The number of primary amides is 1. The Hall–Kier alpha value is -2.22. The van der Waals surface area contributed by atoms with E-state index in [1.54, 1.807) is 11.3 Å². The summed E-state index contributed by atoms with van der Waals surface area (Å²) in [6, 6.07) is 0. The molecule has 1 atom stereocenters. The van der Waals surface area contributed by atoms with Gasteiger partial charge in [-0.1, -0.05) is 6.92 Å². The Morgan fingerprint density at radius 3 is 3.04 bits per heavy atom. The van der Waals surface area contributed by atoms with E-state index < -0.39 is 11.8 Å². The predicted octanol–water partition coefficient (Wildman–Crippen LogP) is 0.184. The van der Waals surface area contributed by atoms with E-state index in [0.29, 0.717) is 11.3 Å². The van der Waals surface area contributed by atoms with Crippen molar-refractivity contribution < 1.29 is 9.59 Å². The smallest absolute Gasteiger partial charge is 0.262 e. The van der Waals surface area contributed by atoms with Crippen molar-refractivity contribution in [2.75, 3.05) is 6.54 Å². The van der Waals surface area contributed by atoms with Crippen LogP contribution in [0.1, 0.15) is 23.8 Å². The van der Waals surface area contributed by atoms with Crippen LogP contribution < -0.4 is 16.6 Å². The highest BCUT2D eigenvalue weighted by molar-refractivity contribution is 7.18. The number of rotatable bonds is 4. The van der Waals surface area contributed by atoms with Crippen molar-refractivity contribution >= 4 is 33.4 Å². The lowest BCUT2D eigenvalue weighted by Gasteiger charge is -2.17. The van der Waals surface area contributed by atoms with Crippen LogP contribution in [0.3, 0.4) is 0 Å². The van der Waals surface area contributed by atoms with Crippen molar-refractivity contribution in [3.8, 4) is 0 Å². The minimum Gasteiger partial charge on any atom is -0.368 e. The number of hydrogen-bond acceptors (Lipinski definition) is 5. The van der Waals surface area contributed by atoms with E-state index in [0.717, 1.165) is 29.7 Å². The number of thiophene rings is 1. The van der Waals surface area contributed by atoms with Gasteiger partial charge in [-0.05, 0) is 30.7 Å². The molecule has 0 saturated carbocycles. The molecule has 0 fully saturated rings. The van der Waals surface area contributed by atoms with Crippen LogP contribution in [0.25, 0.3) is 10.2 Å². The van der Waals surface area contributed by atoms with Crippen LogP contribution in [-0.4, -0.2) is 27.9 Å². The van der Waals surface area contributed by atoms with E-state index in [4.69, 9.17) is 5.73 Å². The first-order chi connectivity index (χ1) is 11.0. The van der Waals surface area contributed by atoms with Gasteiger partial charge in [-0.2, -0.15) is 0 Å². The lowest BCUT2D eigenvalue weighted by atomic mass is 9.89. The lowest BCUT2D eigenvalue weighted by molar-refractivity contribution is -0.125. The summed E-state index contributed by atoms with van der Waals surface area (Å²) in [5, 5.41) is 3.01. The fourth-order valence-electron chi connectivity index (χ4n) is 2.87. The minimum absolute atomic E-state index is 0.171. The van der Waals surface area contributed by atoms with Gasteiger partial charge in [-0.25, -0.2) is 4.98 Å². The highest BCUT2D eigenvalue weighted by atomic mass is 32.1. The van der Waals surface area contributed by atoms with Crippen molar-refractivity contribution in [3.63, 3.8) is 0 Å². The second-order valence-electron chi connectivity index (χ2n) is 5.95. The SMILES string of the molecule is C[C@H]1CCc2c(sc3ncn(CC(=O)NCC(N)=O)c(=O)c23)C1. The van der Waals surface area contributed by atoms with Gasteiger partial charge in [0.15, 0.2) is 0 Å². The number of aromatic nitrogens is 2. The number of hydrogen-bond donors (Lipinski definition) is 2. The number of carbonyl (C=O) groups is 2. The molecule has 0 bridgehead atoms. The number of fused-ring (bicyclic) bond motifs is 3. The topological polar surface area (TPSA) is 107 Å². The molecule has 7 nitrogen and oxygen atoms in total. The summed E-state index contributed by atoms with van der Waals surface area (Å²) >= 11 is 1.57. The molecule has 0 radical (unpaired) electrons. The Bertz CT molecular complexity index is 839. The maximum atomic E-state index is 12.7. The van der Waals surface area contributed by atoms with Crippen molar-refractivity contribution in [2.45, 2.75) is 32.7 Å². The molecule has 23 heavy (non-hydrogen) atoms. The molecular weight excluding hydrogens is 316 g/mol. The number of nitrogens with one attached hydrogen (secondary N) is 1. The molecule has 0 unspecified atom stereocenters. The van der Waals surface area contributed by atoms with E-state index >= 15 is 0 Å². The standard InChI is InChI=1S/C15H18N4O3S/c1-8-2-3-9-10(4-8)23-14-13(9)15(22)19(7-18-14)6-12(21)17-5-11(16)20/h7-8H,2-6H2,1H3,(H2,16,20)(H,17,21)/t8-/m0/s1. The maximum Gasteiger partial charge on any atom is 0.262 e. The summed E-state index contributed by atoms with van der Waals surface area (Å²) in [6.07, 6.45) is 4.31. The van der Waals surface area contributed by atoms with Gasteiger partial charge in [0.1, 0.15) is 11.4 Å². The van der Waals surface area contributed by atoms with E-state index in [9.17, 15) is 14.4 Å². The van der Waals surface area contributed by atoms with Crippen LogP contribution in [0.15, 0.2) is 11.1 Å². The number of aryl methyl sites for hydroxylation is 1. The minimum atomic E-state index is -0.625. The summed E-state index contributed by atoms with van der Waals surface area (Å²) in [5.41, 5.74) is 5.87. The summed E-state index contributed by atoms with van der Waals surface area (Å²) in [4.78, 5) is 41.4. The molecule has 122 valence electrons. The largest absolute Gasteiger partial charge is 0.368 e. The molecule has 2 aromatic heterocycles. The van der Waals surface area contributed by atoms with E-state index in [1.165, 1.54) is 15.8 Å². The van der Waals surface area contributed by atoms with Crippen LogP contribution in [0.2, 0.25) is 0 Å². The van der Waals surface area contributed by atoms with E-state index in [1.807, 2.05) is 0 Å². The number of carbonyl (C=O) groups excluding carboxylic acids is 2. The molecule has 8 heteroatoms. The third-order valence-electron chi connectivity index (χ3n) is 4.06. The molecule has 1 aliphatic rings. The van der Waals surface area contributed by atoms with Gasteiger partial charge in [0, 0.05) is 4.88 Å².